The Hall–Kier alpha value is -2.18. The van der Waals surface area contributed by atoms with Crippen molar-refractivity contribution in [2.24, 2.45) is 10.1 Å². The summed E-state index contributed by atoms with van der Waals surface area (Å²) in [7, 11) is -2.36. The monoisotopic (exact) mass is 424 g/mol. The number of guanidine groups is 1. The minimum Gasteiger partial charge on any atom is -0.352 e. The van der Waals surface area contributed by atoms with E-state index < -0.39 is 27.6 Å². The van der Waals surface area contributed by atoms with E-state index in [-0.39, 0.29) is 28.8 Å². The molecule has 4 N–H and O–H groups in total. The average Bonchev–Trinajstić information content (AvgIpc) is 3.04. The molecule has 0 atom stereocenters. The maximum absolute atomic E-state index is 13.1. The summed E-state index contributed by atoms with van der Waals surface area (Å²) in [6.07, 6.45) is -4.68. The SMILES string of the molecule is CN=C(NCc1ccc(S(N)(=O)=O)s1)NCc1ccc(F)cc1C(F)(F)F. The topological polar surface area (TPSA) is 96.6 Å². The highest BCUT2D eigenvalue weighted by atomic mass is 32.2. The van der Waals surface area contributed by atoms with Crippen LogP contribution in [0, 0.1) is 5.82 Å². The number of primary sulfonamides is 1. The molecule has 0 unspecified atom stereocenters. The third-order valence-electron chi connectivity index (χ3n) is 3.39. The van der Waals surface area contributed by atoms with Crippen LogP contribution in [0.2, 0.25) is 0 Å². The van der Waals surface area contributed by atoms with E-state index in [9.17, 15) is 26.0 Å². The van der Waals surface area contributed by atoms with E-state index in [1.807, 2.05) is 0 Å². The predicted molar refractivity (Wildman–Crippen MR) is 94.1 cm³/mol. The summed E-state index contributed by atoms with van der Waals surface area (Å²) in [6.45, 7) is -0.0446. The van der Waals surface area contributed by atoms with E-state index in [2.05, 4.69) is 15.6 Å². The number of hydrogen-bond donors (Lipinski definition) is 3. The van der Waals surface area contributed by atoms with Crippen molar-refractivity contribution in [1.82, 2.24) is 10.6 Å². The van der Waals surface area contributed by atoms with Gasteiger partial charge in [0, 0.05) is 18.5 Å². The van der Waals surface area contributed by atoms with Gasteiger partial charge >= 0.3 is 6.18 Å². The van der Waals surface area contributed by atoms with Crippen molar-refractivity contribution in [1.29, 1.82) is 0 Å². The molecule has 27 heavy (non-hydrogen) atoms. The Morgan fingerprint density at radius 1 is 1.19 bits per heavy atom. The lowest BCUT2D eigenvalue weighted by Gasteiger charge is -2.15. The second-order valence-corrected chi connectivity index (χ2v) is 8.30. The number of rotatable bonds is 5. The zero-order valence-corrected chi connectivity index (χ0v) is 15.6. The van der Waals surface area contributed by atoms with E-state index in [1.165, 1.54) is 13.1 Å². The van der Waals surface area contributed by atoms with Gasteiger partial charge in [-0.2, -0.15) is 13.2 Å². The minimum atomic E-state index is -4.68. The normalized spacial score (nSPS) is 12.9. The molecule has 1 heterocycles. The summed E-state index contributed by atoms with van der Waals surface area (Å²) >= 11 is 0.966. The lowest BCUT2D eigenvalue weighted by atomic mass is 10.1. The molecule has 2 aromatic rings. The van der Waals surface area contributed by atoms with Crippen molar-refractivity contribution in [3.05, 3.63) is 52.2 Å². The quantitative estimate of drug-likeness (QED) is 0.390. The molecule has 12 heteroatoms. The van der Waals surface area contributed by atoms with Crippen LogP contribution in [0.15, 0.2) is 39.5 Å². The van der Waals surface area contributed by atoms with Crippen LogP contribution in [0.25, 0.3) is 0 Å². The van der Waals surface area contributed by atoms with E-state index >= 15 is 0 Å². The van der Waals surface area contributed by atoms with Crippen LogP contribution in [0.3, 0.4) is 0 Å². The number of nitrogens with two attached hydrogens (primary N) is 1. The van der Waals surface area contributed by atoms with Crippen molar-refractivity contribution < 1.29 is 26.0 Å². The van der Waals surface area contributed by atoms with Crippen LogP contribution in [-0.2, 0) is 29.3 Å². The van der Waals surface area contributed by atoms with Gasteiger partial charge < -0.3 is 10.6 Å². The van der Waals surface area contributed by atoms with Gasteiger partial charge in [0.25, 0.3) is 0 Å². The van der Waals surface area contributed by atoms with Crippen LogP contribution in [-0.4, -0.2) is 21.4 Å². The van der Waals surface area contributed by atoms with Crippen molar-refractivity contribution >= 4 is 27.3 Å². The lowest BCUT2D eigenvalue weighted by Crippen LogP contribution is -2.36. The van der Waals surface area contributed by atoms with Crippen molar-refractivity contribution in [3.63, 3.8) is 0 Å². The first-order valence-electron chi connectivity index (χ1n) is 7.42. The fourth-order valence-electron chi connectivity index (χ4n) is 2.14. The number of halogens is 4. The molecule has 0 saturated heterocycles. The first-order valence-corrected chi connectivity index (χ1v) is 9.78. The molecule has 0 aliphatic rings. The van der Waals surface area contributed by atoms with Gasteiger partial charge in [-0.3, -0.25) is 4.99 Å². The molecule has 0 spiro atoms. The first kappa shape index (κ1) is 21.1. The second-order valence-electron chi connectivity index (χ2n) is 5.34. The zero-order valence-electron chi connectivity index (χ0n) is 14.0. The van der Waals surface area contributed by atoms with Gasteiger partial charge in [-0.25, -0.2) is 17.9 Å². The van der Waals surface area contributed by atoms with Gasteiger partial charge in [0.15, 0.2) is 5.96 Å². The molecule has 1 aromatic carbocycles. The number of thiophene rings is 1. The van der Waals surface area contributed by atoms with E-state index in [0.29, 0.717) is 10.9 Å². The third kappa shape index (κ3) is 5.91. The number of alkyl halides is 3. The molecule has 0 aliphatic carbocycles. The summed E-state index contributed by atoms with van der Waals surface area (Å²) in [5, 5.41) is 10.6. The minimum absolute atomic E-state index is 0.00313. The van der Waals surface area contributed by atoms with Crippen molar-refractivity contribution in [2.75, 3.05) is 7.05 Å². The highest BCUT2D eigenvalue weighted by Crippen LogP contribution is 2.32. The Morgan fingerprint density at radius 2 is 1.85 bits per heavy atom. The highest BCUT2D eigenvalue weighted by Gasteiger charge is 2.33. The largest absolute Gasteiger partial charge is 0.416 e. The Bertz CT molecular complexity index is 940. The van der Waals surface area contributed by atoms with E-state index in [1.54, 1.807) is 6.07 Å². The Labute approximate surface area is 157 Å². The maximum Gasteiger partial charge on any atom is 0.416 e. The van der Waals surface area contributed by atoms with E-state index in [4.69, 9.17) is 5.14 Å². The molecule has 0 radical (unpaired) electrons. The summed E-state index contributed by atoms with van der Waals surface area (Å²) in [6, 6.07) is 5.36. The van der Waals surface area contributed by atoms with Crippen LogP contribution in [0.1, 0.15) is 16.0 Å². The van der Waals surface area contributed by atoms with Gasteiger partial charge in [0.1, 0.15) is 10.0 Å². The molecular formula is C15H16F4N4O2S2. The fourth-order valence-corrected chi connectivity index (χ4v) is 3.86. The number of aliphatic imine (C=N–C) groups is 1. The molecule has 0 amide bonds. The zero-order chi connectivity index (χ0) is 20.2. The van der Waals surface area contributed by atoms with Gasteiger partial charge in [0.2, 0.25) is 10.0 Å². The summed E-state index contributed by atoms with van der Waals surface area (Å²) in [5.74, 6) is -0.782. The molecule has 0 aliphatic heterocycles. The molecule has 6 nitrogen and oxygen atoms in total. The van der Waals surface area contributed by atoms with Crippen molar-refractivity contribution in [3.8, 4) is 0 Å². The molecule has 0 fully saturated rings. The van der Waals surface area contributed by atoms with Crippen molar-refractivity contribution in [2.45, 2.75) is 23.5 Å². The number of sulfonamides is 1. The molecule has 0 bridgehead atoms. The Morgan fingerprint density at radius 3 is 2.41 bits per heavy atom. The molecule has 1 aromatic heterocycles. The van der Waals surface area contributed by atoms with Crippen LogP contribution >= 0.6 is 11.3 Å². The van der Waals surface area contributed by atoms with Crippen LogP contribution < -0.4 is 15.8 Å². The molecule has 0 saturated carbocycles. The molecule has 2 rings (SSSR count). The summed E-state index contributed by atoms with van der Waals surface area (Å²) < 4.78 is 74.6. The van der Waals surface area contributed by atoms with E-state index in [0.717, 1.165) is 23.5 Å². The smallest absolute Gasteiger partial charge is 0.352 e. The highest BCUT2D eigenvalue weighted by molar-refractivity contribution is 7.91. The van der Waals surface area contributed by atoms with Crippen LogP contribution in [0.5, 0.6) is 0 Å². The Balaban J connectivity index is 2.02. The first-order chi connectivity index (χ1) is 12.5. The van der Waals surface area contributed by atoms with Gasteiger partial charge in [0.05, 0.1) is 12.1 Å². The second kappa shape index (κ2) is 8.23. The lowest BCUT2D eigenvalue weighted by molar-refractivity contribution is -0.138. The summed E-state index contributed by atoms with van der Waals surface area (Å²) in [5.41, 5.74) is -1.21. The standard InChI is InChI=1S/C15H16F4N4O2S2/c1-21-14(23-8-11-4-5-13(26-11)27(20,24)25)22-7-9-2-3-10(16)6-12(9)15(17,18)19/h2-6H,7-8H2,1H3,(H2,20,24,25)(H2,21,22,23). The number of benzene rings is 1. The summed E-state index contributed by atoms with van der Waals surface area (Å²) in [4.78, 5) is 4.52. The van der Waals surface area contributed by atoms with Gasteiger partial charge in [-0.1, -0.05) is 6.07 Å². The molecular weight excluding hydrogens is 408 g/mol. The third-order valence-corrected chi connectivity index (χ3v) is 5.92. The van der Waals surface area contributed by atoms with Gasteiger partial charge in [-0.05, 0) is 29.8 Å². The maximum atomic E-state index is 13.1. The number of nitrogens with zero attached hydrogens (tertiary/aromatic N) is 1. The number of hydrogen-bond acceptors (Lipinski definition) is 4. The average molecular weight is 424 g/mol. The number of nitrogens with one attached hydrogen (secondary N) is 2. The Kier molecular flexibility index (Phi) is 6.44. The van der Waals surface area contributed by atoms with Gasteiger partial charge in [-0.15, -0.1) is 11.3 Å². The predicted octanol–water partition coefficient (Wildman–Crippen LogP) is 2.42. The molecule has 148 valence electrons. The fraction of sp³-hybridized carbons (Fsp3) is 0.267. The van der Waals surface area contributed by atoms with Crippen LogP contribution in [0.4, 0.5) is 17.6 Å².